The Kier molecular flexibility index (Phi) is 29.7. The smallest absolute Gasteiger partial charge is 0.306 e. The zero-order valence-corrected chi connectivity index (χ0v) is 34.1. The third-order valence-electron chi connectivity index (χ3n) is 8.86. The van der Waals surface area contributed by atoms with Crippen LogP contribution in [0.15, 0.2) is 60.8 Å². The zero-order valence-electron chi connectivity index (χ0n) is 33.3. The molecule has 0 aromatic carbocycles. The highest BCUT2D eigenvalue weighted by atomic mass is 32.2. The number of rotatable bonds is 32. The van der Waals surface area contributed by atoms with E-state index in [9.17, 15) is 37.9 Å². The molecule has 316 valence electrons. The maximum Gasteiger partial charge on any atom is 0.306 e. The first-order valence-electron chi connectivity index (χ1n) is 20.3. The van der Waals surface area contributed by atoms with Gasteiger partial charge in [0.1, 0.15) is 36.8 Å². The fraction of sp³-hybridized carbons (Fsp3) is 0.714. The van der Waals surface area contributed by atoms with Gasteiger partial charge in [-0.25, -0.2) is 0 Å². The van der Waals surface area contributed by atoms with Gasteiger partial charge in [0.05, 0.1) is 6.61 Å². The lowest BCUT2D eigenvalue weighted by atomic mass is 10.00. The highest BCUT2D eigenvalue weighted by molar-refractivity contribution is 7.85. The SMILES string of the molecule is CCCCC/C=C/C/C=C/C/C=C/C/C=C/C/C=C/CCC(=O)OC[C@H](CO[C@H]1O[C@H](CS(=O)(=O)O)[C@@H](O)C(O)C1O)OC(=O)CCCCCCCCCC. The van der Waals surface area contributed by atoms with E-state index >= 15 is 0 Å². The Morgan fingerprint density at radius 2 is 1.13 bits per heavy atom. The molecule has 1 rings (SSSR count). The number of carbonyl (C=O) groups excluding carboxylic acids is 2. The number of hydrogen-bond acceptors (Lipinski definition) is 11. The molecule has 0 amide bonds. The van der Waals surface area contributed by atoms with E-state index in [1.165, 1.54) is 38.5 Å². The fourth-order valence-electron chi connectivity index (χ4n) is 5.66. The summed E-state index contributed by atoms with van der Waals surface area (Å²) in [6.07, 6.45) is 28.8. The van der Waals surface area contributed by atoms with E-state index in [0.29, 0.717) is 12.8 Å². The van der Waals surface area contributed by atoms with Crippen LogP contribution in [0.25, 0.3) is 0 Å². The third kappa shape index (κ3) is 27.6. The fourth-order valence-corrected chi connectivity index (χ4v) is 6.35. The van der Waals surface area contributed by atoms with Crippen molar-refractivity contribution in [1.29, 1.82) is 0 Å². The Bertz CT molecular complexity index is 1260. The number of esters is 2. The molecule has 0 bridgehead atoms. The van der Waals surface area contributed by atoms with Crippen LogP contribution >= 0.6 is 0 Å². The van der Waals surface area contributed by atoms with E-state index in [0.717, 1.165) is 57.8 Å². The van der Waals surface area contributed by atoms with Crippen LogP contribution in [0, 0.1) is 0 Å². The highest BCUT2D eigenvalue weighted by Gasteiger charge is 2.46. The first kappa shape index (κ1) is 50.4. The molecule has 1 aliphatic rings. The van der Waals surface area contributed by atoms with E-state index < -0.39 is 71.2 Å². The van der Waals surface area contributed by atoms with Crippen LogP contribution in [0.1, 0.15) is 136 Å². The van der Waals surface area contributed by atoms with Crippen molar-refractivity contribution in [3.05, 3.63) is 60.8 Å². The summed E-state index contributed by atoms with van der Waals surface area (Å²) in [7, 11) is -4.61. The van der Waals surface area contributed by atoms with Gasteiger partial charge in [-0.15, -0.1) is 0 Å². The van der Waals surface area contributed by atoms with Crippen LogP contribution in [0.4, 0.5) is 0 Å². The van der Waals surface area contributed by atoms with E-state index in [1.807, 2.05) is 12.2 Å². The summed E-state index contributed by atoms with van der Waals surface area (Å²) in [5.74, 6) is -2.10. The molecule has 0 aromatic heterocycles. The molecule has 0 spiro atoms. The van der Waals surface area contributed by atoms with Crippen LogP contribution < -0.4 is 0 Å². The highest BCUT2D eigenvalue weighted by Crippen LogP contribution is 2.24. The summed E-state index contributed by atoms with van der Waals surface area (Å²) in [5.41, 5.74) is 0. The van der Waals surface area contributed by atoms with Gasteiger partial charge in [-0.1, -0.05) is 132 Å². The summed E-state index contributed by atoms with van der Waals surface area (Å²) >= 11 is 0. The lowest BCUT2D eigenvalue weighted by Crippen LogP contribution is -2.60. The lowest BCUT2D eigenvalue weighted by molar-refractivity contribution is -0.297. The number of ether oxygens (including phenoxy) is 4. The first-order valence-corrected chi connectivity index (χ1v) is 22.0. The molecule has 0 aromatic rings. The standard InChI is InChI=1S/C42H70O12S/c1-3-5-7-9-11-13-14-15-16-17-18-19-20-21-22-23-25-26-28-30-37(43)51-32-35(53-38(44)31-29-27-24-12-10-8-6-4-2)33-52-42-41(47)40(46)39(45)36(54-42)34-55(48,49)50/h11,13,15-16,18-19,21-22,25-26,35-36,39-42,45-47H,3-10,12,14,17,20,23-24,27-34H2,1-2H3,(H,48,49,50)/b13-11+,16-15+,19-18+,22-21+,26-25+/t35-,36-,39-,40?,41?,42+/m1/s1. The van der Waals surface area contributed by atoms with Gasteiger partial charge < -0.3 is 34.3 Å². The number of carbonyl (C=O) groups is 2. The molecule has 1 fully saturated rings. The molecule has 0 saturated carbocycles. The second-order valence-corrected chi connectivity index (χ2v) is 15.4. The minimum Gasteiger partial charge on any atom is -0.462 e. The van der Waals surface area contributed by atoms with Gasteiger partial charge in [0.25, 0.3) is 10.1 Å². The summed E-state index contributed by atoms with van der Waals surface area (Å²) in [5, 5.41) is 30.7. The summed E-state index contributed by atoms with van der Waals surface area (Å²) < 4.78 is 53.7. The quantitative estimate of drug-likeness (QED) is 0.0229. The topological polar surface area (TPSA) is 186 Å². The van der Waals surface area contributed by atoms with Crippen LogP contribution in [-0.2, 0) is 38.7 Å². The van der Waals surface area contributed by atoms with Crippen molar-refractivity contribution in [3.8, 4) is 0 Å². The normalized spacial score (nSPS) is 21.5. The molecule has 1 aliphatic heterocycles. The van der Waals surface area contributed by atoms with Gasteiger partial charge in [-0.2, -0.15) is 8.42 Å². The van der Waals surface area contributed by atoms with Gasteiger partial charge in [-0.3, -0.25) is 14.1 Å². The monoisotopic (exact) mass is 798 g/mol. The predicted octanol–water partition coefficient (Wildman–Crippen LogP) is 7.39. The summed E-state index contributed by atoms with van der Waals surface area (Å²) in [4.78, 5) is 25.2. The number of aliphatic hydroxyl groups is 3. The molecule has 1 saturated heterocycles. The minimum atomic E-state index is -4.61. The largest absolute Gasteiger partial charge is 0.462 e. The van der Waals surface area contributed by atoms with Crippen LogP contribution in [0.3, 0.4) is 0 Å². The molecule has 13 heteroatoms. The number of hydrogen-bond donors (Lipinski definition) is 4. The number of allylic oxidation sites excluding steroid dienone is 10. The van der Waals surface area contributed by atoms with Gasteiger partial charge in [0.2, 0.25) is 0 Å². The molecule has 55 heavy (non-hydrogen) atoms. The van der Waals surface area contributed by atoms with Crippen molar-refractivity contribution < 1.29 is 56.8 Å². The van der Waals surface area contributed by atoms with E-state index in [-0.39, 0.29) is 19.4 Å². The van der Waals surface area contributed by atoms with Crippen molar-refractivity contribution in [2.24, 2.45) is 0 Å². The molecule has 0 aliphatic carbocycles. The summed E-state index contributed by atoms with van der Waals surface area (Å²) in [6, 6.07) is 0. The third-order valence-corrected chi connectivity index (χ3v) is 9.61. The lowest BCUT2D eigenvalue weighted by Gasteiger charge is -2.40. The Morgan fingerprint density at radius 1 is 0.618 bits per heavy atom. The second kappa shape index (κ2) is 32.4. The average molecular weight is 799 g/mol. The first-order chi connectivity index (χ1) is 26.5. The Labute approximate surface area is 330 Å². The molecule has 4 N–H and O–H groups in total. The zero-order chi connectivity index (χ0) is 40.6. The number of unbranched alkanes of at least 4 members (excludes halogenated alkanes) is 10. The van der Waals surface area contributed by atoms with Gasteiger partial charge in [-0.05, 0) is 51.4 Å². The van der Waals surface area contributed by atoms with Crippen LogP contribution in [0.2, 0.25) is 0 Å². The molecule has 12 nitrogen and oxygen atoms in total. The van der Waals surface area contributed by atoms with Crippen molar-refractivity contribution in [2.45, 2.75) is 173 Å². The van der Waals surface area contributed by atoms with Gasteiger partial charge in [0, 0.05) is 12.8 Å². The molecule has 6 atom stereocenters. The molecule has 0 radical (unpaired) electrons. The molecular formula is C42H70O12S. The molecule has 1 heterocycles. The van der Waals surface area contributed by atoms with E-state index in [4.69, 9.17) is 18.9 Å². The maximum atomic E-state index is 12.7. The second-order valence-electron chi connectivity index (χ2n) is 14.0. The predicted molar refractivity (Wildman–Crippen MR) is 215 cm³/mol. The Hall–Kier alpha value is -2.65. The summed E-state index contributed by atoms with van der Waals surface area (Å²) in [6.45, 7) is 3.59. The number of aliphatic hydroxyl groups excluding tert-OH is 3. The van der Waals surface area contributed by atoms with Crippen molar-refractivity contribution in [2.75, 3.05) is 19.0 Å². The maximum absolute atomic E-state index is 12.7. The average Bonchev–Trinajstić information content (AvgIpc) is 3.14. The molecular weight excluding hydrogens is 729 g/mol. The molecule has 2 unspecified atom stereocenters. The van der Waals surface area contributed by atoms with Gasteiger partial charge in [0.15, 0.2) is 12.4 Å². The Balaban J connectivity index is 2.51. The van der Waals surface area contributed by atoms with E-state index in [2.05, 4.69) is 62.5 Å². The Morgan fingerprint density at radius 3 is 1.69 bits per heavy atom. The van der Waals surface area contributed by atoms with E-state index in [1.54, 1.807) is 0 Å². The van der Waals surface area contributed by atoms with Crippen molar-refractivity contribution in [1.82, 2.24) is 0 Å². The van der Waals surface area contributed by atoms with Crippen molar-refractivity contribution >= 4 is 22.1 Å². The van der Waals surface area contributed by atoms with Gasteiger partial charge >= 0.3 is 11.9 Å². The minimum absolute atomic E-state index is 0.0940. The van der Waals surface area contributed by atoms with Crippen molar-refractivity contribution in [3.63, 3.8) is 0 Å². The van der Waals surface area contributed by atoms with Crippen LogP contribution in [-0.4, -0.2) is 96.0 Å². The van der Waals surface area contributed by atoms with Crippen LogP contribution in [0.5, 0.6) is 0 Å².